The summed E-state index contributed by atoms with van der Waals surface area (Å²) in [6.45, 7) is 3.67. The monoisotopic (exact) mass is 429 g/mol. The van der Waals surface area contributed by atoms with Gasteiger partial charge in [-0.1, -0.05) is 18.2 Å². The number of para-hydroxylation sites is 1. The Morgan fingerprint density at radius 3 is 2.44 bits per heavy atom. The molecule has 6 rings (SSSR count). The van der Waals surface area contributed by atoms with E-state index in [4.69, 9.17) is 25.2 Å². The van der Waals surface area contributed by atoms with Gasteiger partial charge in [0, 0.05) is 44.5 Å². The molecule has 32 heavy (non-hydrogen) atoms. The summed E-state index contributed by atoms with van der Waals surface area (Å²) in [6, 6.07) is 16.3. The van der Waals surface area contributed by atoms with E-state index in [-0.39, 0.29) is 6.79 Å². The molecule has 2 aromatic heterocycles. The van der Waals surface area contributed by atoms with E-state index in [9.17, 15) is 0 Å². The molecule has 0 bridgehead atoms. The number of piperazine rings is 1. The molecule has 9 heteroatoms. The molecule has 0 amide bonds. The van der Waals surface area contributed by atoms with E-state index in [2.05, 4.69) is 39.2 Å². The van der Waals surface area contributed by atoms with Crippen LogP contribution in [0.5, 0.6) is 11.5 Å². The lowest BCUT2D eigenvalue weighted by atomic mass is 10.1. The Kier molecular flexibility index (Phi) is 4.27. The zero-order valence-corrected chi connectivity index (χ0v) is 17.7. The molecule has 1 saturated heterocycles. The molecule has 4 heterocycles. The van der Waals surface area contributed by atoms with Gasteiger partial charge in [-0.25, -0.2) is 4.98 Å². The Labute approximate surface area is 185 Å². The molecule has 0 unspecified atom stereocenters. The summed E-state index contributed by atoms with van der Waals surface area (Å²) in [5.74, 6) is 2.63. The Balaban J connectivity index is 1.37. The minimum absolute atomic E-state index is 0.226. The van der Waals surface area contributed by atoms with E-state index in [0.717, 1.165) is 48.6 Å². The highest BCUT2D eigenvalue weighted by Gasteiger charge is 2.24. The smallest absolute Gasteiger partial charge is 0.231 e. The predicted molar refractivity (Wildman–Crippen MR) is 123 cm³/mol. The number of hydrogen-bond acceptors (Lipinski definition) is 8. The number of rotatable bonds is 3. The summed E-state index contributed by atoms with van der Waals surface area (Å²) in [5, 5.41) is 5.29. The van der Waals surface area contributed by atoms with Gasteiger partial charge in [0.15, 0.2) is 17.1 Å². The van der Waals surface area contributed by atoms with E-state index in [1.165, 1.54) is 5.69 Å². The standard InChI is InChI=1S/C23H23N7O2/c1-28-21(24)19-20(15-7-8-17-18(13-15)32-14-31-17)25-23(26-22(19)27-28)30-11-9-29(10-12-30)16-5-3-2-4-6-16/h2-8,13H,9-12,14,24H2,1H3. The van der Waals surface area contributed by atoms with Gasteiger partial charge in [-0.2, -0.15) is 10.1 Å². The maximum atomic E-state index is 6.34. The maximum Gasteiger partial charge on any atom is 0.231 e. The Hall–Kier alpha value is -4.01. The van der Waals surface area contributed by atoms with Gasteiger partial charge in [-0.15, -0.1) is 0 Å². The van der Waals surface area contributed by atoms with Crippen molar-refractivity contribution in [2.45, 2.75) is 0 Å². The molecule has 2 aliphatic rings. The molecule has 4 aromatic rings. The van der Waals surface area contributed by atoms with Crippen molar-refractivity contribution in [2.75, 3.05) is 48.5 Å². The molecular formula is C23H23N7O2. The van der Waals surface area contributed by atoms with Crippen molar-refractivity contribution >= 4 is 28.5 Å². The second-order valence-electron chi connectivity index (χ2n) is 7.96. The van der Waals surface area contributed by atoms with Crippen molar-refractivity contribution in [2.24, 2.45) is 7.05 Å². The first-order valence-electron chi connectivity index (χ1n) is 10.6. The van der Waals surface area contributed by atoms with Gasteiger partial charge < -0.3 is 25.0 Å². The van der Waals surface area contributed by atoms with E-state index >= 15 is 0 Å². The molecule has 0 spiro atoms. The molecule has 1 fully saturated rings. The van der Waals surface area contributed by atoms with E-state index < -0.39 is 0 Å². The van der Waals surface area contributed by atoms with Crippen molar-refractivity contribution in [3.63, 3.8) is 0 Å². The number of benzene rings is 2. The average molecular weight is 429 g/mol. The summed E-state index contributed by atoms with van der Waals surface area (Å²) in [7, 11) is 1.82. The Morgan fingerprint density at radius 1 is 0.875 bits per heavy atom. The van der Waals surface area contributed by atoms with Crippen LogP contribution in [0.2, 0.25) is 0 Å². The summed E-state index contributed by atoms with van der Waals surface area (Å²) in [5.41, 5.74) is 9.82. The first-order chi connectivity index (χ1) is 15.7. The number of aryl methyl sites for hydroxylation is 1. The second kappa shape index (κ2) is 7.30. The third kappa shape index (κ3) is 3.05. The first-order valence-corrected chi connectivity index (χ1v) is 10.6. The van der Waals surface area contributed by atoms with Crippen LogP contribution in [-0.4, -0.2) is 52.7 Å². The number of fused-ring (bicyclic) bond motifs is 2. The zero-order chi connectivity index (χ0) is 21.7. The number of nitrogens with two attached hydrogens (primary N) is 1. The molecular weight excluding hydrogens is 406 g/mol. The van der Waals surface area contributed by atoms with Crippen LogP contribution >= 0.6 is 0 Å². The third-order valence-corrected chi connectivity index (χ3v) is 6.06. The lowest BCUT2D eigenvalue weighted by Crippen LogP contribution is -2.47. The number of anilines is 3. The number of ether oxygens (including phenoxy) is 2. The fourth-order valence-corrected chi connectivity index (χ4v) is 4.30. The fraction of sp³-hybridized carbons (Fsp3) is 0.261. The molecule has 0 atom stereocenters. The molecule has 0 radical (unpaired) electrons. The SMILES string of the molecule is Cn1nc2nc(N3CCN(c4ccccc4)CC3)nc(-c3ccc4c(c3)OCO4)c2c1N. The quantitative estimate of drug-likeness (QED) is 0.531. The predicted octanol–water partition coefficient (Wildman–Crippen LogP) is 2.67. The summed E-state index contributed by atoms with van der Waals surface area (Å²) in [4.78, 5) is 14.3. The largest absolute Gasteiger partial charge is 0.454 e. The summed E-state index contributed by atoms with van der Waals surface area (Å²) >= 11 is 0. The van der Waals surface area contributed by atoms with Crippen LogP contribution in [-0.2, 0) is 7.05 Å². The molecule has 9 nitrogen and oxygen atoms in total. The Morgan fingerprint density at radius 2 is 1.62 bits per heavy atom. The van der Waals surface area contributed by atoms with Crippen LogP contribution in [0.1, 0.15) is 0 Å². The van der Waals surface area contributed by atoms with Gasteiger partial charge in [-0.3, -0.25) is 4.68 Å². The number of aromatic nitrogens is 4. The van der Waals surface area contributed by atoms with Crippen LogP contribution in [0.4, 0.5) is 17.5 Å². The molecule has 2 aromatic carbocycles. The van der Waals surface area contributed by atoms with E-state index in [1.807, 2.05) is 31.3 Å². The van der Waals surface area contributed by atoms with Gasteiger partial charge in [0.05, 0.1) is 11.1 Å². The molecule has 2 aliphatic heterocycles. The number of nitrogens with zero attached hydrogens (tertiary/aromatic N) is 6. The third-order valence-electron chi connectivity index (χ3n) is 6.06. The molecule has 2 N–H and O–H groups in total. The van der Waals surface area contributed by atoms with Crippen molar-refractivity contribution in [1.82, 2.24) is 19.7 Å². The van der Waals surface area contributed by atoms with Crippen molar-refractivity contribution in [3.8, 4) is 22.8 Å². The summed E-state index contributed by atoms with van der Waals surface area (Å²) < 4.78 is 12.7. The first kappa shape index (κ1) is 18.7. The molecule has 0 saturated carbocycles. The second-order valence-corrected chi connectivity index (χ2v) is 7.96. The van der Waals surface area contributed by atoms with Gasteiger partial charge in [0.1, 0.15) is 5.82 Å². The van der Waals surface area contributed by atoms with Gasteiger partial charge in [0.25, 0.3) is 0 Å². The maximum absolute atomic E-state index is 6.34. The molecule has 162 valence electrons. The highest BCUT2D eigenvalue weighted by atomic mass is 16.7. The zero-order valence-electron chi connectivity index (χ0n) is 17.7. The fourth-order valence-electron chi connectivity index (χ4n) is 4.30. The van der Waals surface area contributed by atoms with Crippen molar-refractivity contribution < 1.29 is 9.47 Å². The van der Waals surface area contributed by atoms with E-state index in [1.54, 1.807) is 4.68 Å². The van der Waals surface area contributed by atoms with Gasteiger partial charge >= 0.3 is 0 Å². The minimum atomic E-state index is 0.226. The van der Waals surface area contributed by atoms with E-state index in [0.29, 0.717) is 23.2 Å². The van der Waals surface area contributed by atoms with Crippen LogP contribution in [0, 0.1) is 0 Å². The van der Waals surface area contributed by atoms with Gasteiger partial charge in [-0.05, 0) is 30.3 Å². The van der Waals surface area contributed by atoms with Crippen molar-refractivity contribution in [1.29, 1.82) is 0 Å². The normalized spacial score (nSPS) is 15.5. The van der Waals surface area contributed by atoms with Crippen LogP contribution in [0.15, 0.2) is 48.5 Å². The van der Waals surface area contributed by atoms with Gasteiger partial charge in [0.2, 0.25) is 12.7 Å². The minimum Gasteiger partial charge on any atom is -0.454 e. The van der Waals surface area contributed by atoms with Crippen molar-refractivity contribution in [3.05, 3.63) is 48.5 Å². The average Bonchev–Trinajstić information content (AvgIpc) is 3.42. The van der Waals surface area contributed by atoms with Crippen LogP contribution in [0.25, 0.3) is 22.3 Å². The lowest BCUT2D eigenvalue weighted by molar-refractivity contribution is 0.174. The lowest BCUT2D eigenvalue weighted by Gasteiger charge is -2.36. The topological polar surface area (TPSA) is 94.6 Å². The summed E-state index contributed by atoms with van der Waals surface area (Å²) in [6.07, 6.45) is 0. The Bertz CT molecular complexity index is 1300. The number of hydrogen-bond donors (Lipinski definition) is 1. The number of nitrogen functional groups attached to an aromatic ring is 1. The highest BCUT2D eigenvalue weighted by molar-refractivity contribution is 5.99. The van der Waals surface area contributed by atoms with Crippen LogP contribution < -0.4 is 25.0 Å². The highest BCUT2D eigenvalue weighted by Crippen LogP contribution is 2.38. The van der Waals surface area contributed by atoms with Crippen LogP contribution in [0.3, 0.4) is 0 Å². The molecule has 0 aliphatic carbocycles.